The van der Waals surface area contributed by atoms with Gasteiger partial charge in [-0.1, -0.05) is 6.07 Å². The van der Waals surface area contributed by atoms with Gasteiger partial charge in [-0.15, -0.1) is 11.3 Å². The molecule has 1 aromatic rings. The molecule has 1 aromatic heterocycles. The summed E-state index contributed by atoms with van der Waals surface area (Å²) >= 11 is 1.18. The van der Waals surface area contributed by atoms with Crippen molar-refractivity contribution in [2.45, 2.75) is 18.4 Å². The lowest BCUT2D eigenvalue weighted by molar-refractivity contribution is -0.137. The van der Waals surface area contributed by atoms with Gasteiger partial charge in [-0.3, -0.25) is 4.79 Å². The zero-order valence-electron chi connectivity index (χ0n) is 8.50. The number of carbonyl (C=O) groups is 1. The van der Waals surface area contributed by atoms with E-state index in [1.165, 1.54) is 11.3 Å². The monoisotopic (exact) mass is 270 g/mol. The SMILES string of the molecule is NC(C(=O)NCC(F)(F)C(F)F)c1cccs1. The van der Waals surface area contributed by atoms with Gasteiger partial charge >= 0.3 is 12.3 Å². The minimum absolute atomic E-state index is 0.475. The fourth-order valence-corrected chi connectivity index (χ4v) is 1.71. The molecular formula is C9H10F4N2OS. The Kier molecular flexibility index (Phi) is 4.47. The highest BCUT2D eigenvalue weighted by molar-refractivity contribution is 7.10. The standard InChI is InChI=1S/C9H10F4N2OS/c10-8(11)9(12,13)4-15-7(16)6(14)5-2-1-3-17-5/h1-3,6,8H,4,14H2,(H,15,16). The Morgan fingerprint density at radius 3 is 2.65 bits per heavy atom. The van der Waals surface area contributed by atoms with Crippen molar-refractivity contribution in [1.82, 2.24) is 5.32 Å². The number of thiophene rings is 1. The van der Waals surface area contributed by atoms with E-state index < -0.39 is 30.8 Å². The maximum Gasteiger partial charge on any atom is 0.324 e. The topological polar surface area (TPSA) is 55.1 Å². The van der Waals surface area contributed by atoms with E-state index in [-0.39, 0.29) is 0 Å². The van der Waals surface area contributed by atoms with Gasteiger partial charge in [-0.05, 0) is 11.4 Å². The minimum atomic E-state index is -4.25. The van der Waals surface area contributed by atoms with E-state index in [2.05, 4.69) is 0 Å². The van der Waals surface area contributed by atoms with Crippen LogP contribution in [0.1, 0.15) is 10.9 Å². The van der Waals surface area contributed by atoms with Crippen LogP contribution < -0.4 is 11.1 Å². The molecule has 0 fully saturated rings. The van der Waals surface area contributed by atoms with Crippen LogP contribution in [0.3, 0.4) is 0 Å². The van der Waals surface area contributed by atoms with Crippen LogP contribution in [0.2, 0.25) is 0 Å². The van der Waals surface area contributed by atoms with E-state index in [1.807, 2.05) is 0 Å². The molecule has 0 aliphatic heterocycles. The number of nitrogens with one attached hydrogen (secondary N) is 1. The van der Waals surface area contributed by atoms with Crippen molar-refractivity contribution >= 4 is 17.2 Å². The maximum absolute atomic E-state index is 12.5. The molecule has 0 bridgehead atoms. The summed E-state index contributed by atoms with van der Waals surface area (Å²) in [6, 6.07) is 2.07. The van der Waals surface area contributed by atoms with Crippen LogP contribution in [-0.4, -0.2) is 24.8 Å². The predicted octanol–water partition coefficient (Wildman–Crippen LogP) is 1.76. The average Bonchev–Trinajstić information content (AvgIpc) is 2.78. The molecule has 0 saturated heterocycles. The molecule has 0 aliphatic carbocycles. The highest BCUT2D eigenvalue weighted by atomic mass is 32.1. The van der Waals surface area contributed by atoms with Gasteiger partial charge in [-0.2, -0.15) is 8.78 Å². The van der Waals surface area contributed by atoms with E-state index in [4.69, 9.17) is 5.73 Å². The molecule has 17 heavy (non-hydrogen) atoms. The fourth-order valence-electron chi connectivity index (χ4n) is 0.990. The normalized spacial score (nSPS) is 13.8. The molecule has 1 amide bonds. The first-order valence-corrected chi connectivity index (χ1v) is 5.45. The summed E-state index contributed by atoms with van der Waals surface area (Å²) in [5.41, 5.74) is 5.45. The van der Waals surface area contributed by atoms with Gasteiger partial charge in [0.15, 0.2) is 0 Å². The lowest BCUT2D eigenvalue weighted by Gasteiger charge is -2.17. The highest BCUT2D eigenvalue weighted by Gasteiger charge is 2.41. The number of hydrogen-bond donors (Lipinski definition) is 2. The molecule has 0 aromatic carbocycles. The largest absolute Gasteiger partial charge is 0.348 e. The van der Waals surface area contributed by atoms with Gasteiger partial charge < -0.3 is 11.1 Å². The summed E-state index contributed by atoms with van der Waals surface area (Å²) in [5, 5.41) is 3.37. The Labute approximate surface area is 98.6 Å². The highest BCUT2D eigenvalue weighted by Crippen LogP contribution is 2.22. The summed E-state index contributed by atoms with van der Waals surface area (Å²) in [6.07, 6.45) is -3.82. The molecule has 96 valence electrons. The van der Waals surface area contributed by atoms with Crippen LogP contribution in [-0.2, 0) is 4.79 Å². The number of alkyl halides is 4. The number of carbonyl (C=O) groups excluding carboxylic acids is 1. The third-order valence-corrected chi connectivity index (χ3v) is 2.91. The van der Waals surface area contributed by atoms with Crippen LogP contribution >= 0.6 is 11.3 Å². The lowest BCUT2D eigenvalue weighted by Crippen LogP contribution is -2.44. The number of hydrogen-bond acceptors (Lipinski definition) is 3. The molecule has 1 heterocycles. The Bertz CT molecular complexity index is 369. The van der Waals surface area contributed by atoms with E-state index in [0.29, 0.717) is 4.88 Å². The van der Waals surface area contributed by atoms with Gasteiger partial charge in [0, 0.05) is 4.88 Å². The quantitative estimate of drug-likeness (QED) is 0.801. The first-order chi connectivity index (χ1) is 7.84. The number of rotatable bonds is 5. The average molecular weight is 270 g/mol. The fraction of sp³-hybridized carbons (Fsp3) is 0.444. The van der Waals surface area contributed by atoms with Crippen LogP contribution in [0.4, 0.5) is 17.6 Å². The van der Waals surface area contributed by atoms with Crippen molar-refractivity contribution in [3.63, 3.8) is 0 Å². The van der Waals surface area contributed by atoms with E-state index >= 15 is 0 Å². The number of nitrogens with two attached hydrogens (primary N) is 1. The van der Waals surface area contributed by atoms with Crippen LogP contribution in [0.15, 0.2) is 17.5 Å². The second-order valence-electron chi connectivity index (χ2n) is 3.27. The van der Waals surface area contributed by atoms with E-state index in [1.54, 1.807) is 22.8 Å². The van der Waals surface area contributed by atoms with Crippen molar-refractivity contribution in [2.24, 2.45) is 5.73 Å². The molecule has 1 rings (SSSR count). The Balaban J connectivity index is 2.51. The molecule has 3 nitrogen and oxygen atoms in total. The summed E-state index contributed by atoms with van der Waals surface area (Å²) in [4.78, 5) is 11.8. The Hall–Kier alpha value is -1.15. The summed E-state index contributed by atoms with van der Waals surface area (Å²) < 4.78 is 48.6. The van der Waals surface area contributed by atoms with Crippen molar-refractivity contribution in [1.29, 1.82) is 0 Å². The van der Waals surface area contributed by atoms with Gasteiger partial charge in [0.1, 0.15) is 6.04 Å². The summed E-state index contributed by atoms with van der Waals surface area (Å²) in [7, 11) is 0. The summed E-state index contributed by atoms with van der Waals surface area (Å²) in [6.45, 7) is -1.43. The first-order valence-electron chi connectivity index (χ1n) is 4.57. The van der Waals surface area contributed by atoms with E-state index in [0.717, 1.165) is 0 Å². The molecule has 8 heteroatoms. The molecule has 0 spiro atoms. The molecule has 0 saturated carbocycles. The van der Waals surface area contributed by atoms with Crippen LogP contribution in [0.25, 0.3) is 0 Å². The van der Waals surface area contributed by atoms with Gasteiger partial charge in [-0.25, -0.2) is 8.78 Å². The lowest BCUT2D eigenvalue weighted by atomic mass is 10.2. The summed E-state index contributed by atoms with van der Waals surface area (Å²) in [5.74, 6) is -5.15. The molecule has 0 radical (unpaired) electrons. The second-order valence-corrected chi connectivity index (χ2v) is 4.25. The van der Waals surface area contributed by atoms with Gasteiger partial charge in [0.05, 0.1) is 6.54 Å². The third kappa shape index (κ3) is 3.67. The third-order valence-electron chi connectivity index (χ3n) is 1.95. The zero-order chi connectivity index (χ0) is 13.1. The molecule has 1 unspecified atom stereocenters. The van der Waals surface area contributed by atoms with Crippen molar-refractivity contribution in [2.75, 3.05) is 6.54 Å². The van der Waals surface area contributed by atoms with Crippen molar-refractivity contribution < 1.29 is 22.4 Å². The minimum Gasteiger partial charge on any atom is -0.348 e. The first kappa shape index (κ1) is 13.9. The molecular weight excluding hydrogens is 260 g/mol. The number of halogens is 4. The van der Waals surface area contributed by atoms with Crippen molar-refractivity contribution in [3.05, 3.63) is 22.4 Å². The molecule has 3 N–H and O–H groups in total. The van der Waals surface area contributed by atoms with Gasteiger partial charge in [0.25, 0.3) is 0 Å². The number of amides is 1. The van der Waals surface area contributed by atoms with E-state index in [9.17, 15) is 22.4 Å². The smallest absolute Gasteiger partial charge is 0.324 e. The molecule has 1 atom stereocenters. The van der Waals surface area contributed by atoms with Gasteiger partial charge in [0.2, 0.25) is 5.91 Å². The predicted molar refractivity (Wildman–Crippen MR) is 55.2 cm³/mol. The zero-order valence-corrected chi connectivity index (χ0v) is 9.32. The van der Waals surface area contributed by atoms with Crippen LogP contribution in [0, 0.1) is 0 Å². The molecule has 0 aliphatic rings. The van der Waals surface area contributed by atoms with Crippen LogP contribution in [0.5, 0.6) is 0 Å². The Morgan fingerprint density at radius 1 is 1.53 bits per heavy atom. The Morgan fingerprint density at radius 2 is 2.18 bits per heavy atom. The van der Waals surface area contributed by atoms with Crippen molar-refractivity contribution in [3.8, 4) is 0 Å². The maximum atomic E-state index is 12.5. The second kappa shape index (κ2) is 5.46.